The van der Waals surface area contributed by atoms with Gasteiger partial charge in [-0.05, 0) is 12.8 Å². The van der Waals surface area contributed by atoms with Crippen LogP contribution in [0.2, 0.25) is 0 Å². The zero-order chi connectivity index (χ0) is 6.10. The van der Waals surface area contributed by atoms with Crippen LogP contribution in [0, 0.1) is 0 Å². The van der Waals surface area contributed by atoms with Gasteiger partial charge in [0.05, 0.1) is 17.6 Å². The molecule has 0 aliphatic carbocycles. The monoisotopic (exact) mass is 122 g/mol. The van der Waals surface area contributed by atoms with Gasteiger partial charge in [-0.3, -0.25) is 0 Å². The molecule has 0 atom stereocenters. The van der Waals surface area contributed by atoms with Crippen molar-refractivity contribution in [1.29, 1.82) is 0 Å². The highest BCUT2D eigenvalue weighted by Gasteiger charge is 2.15. The minimum absolute atomic E-state index is 1.07. The fraction of sp³-hybridized carbons (Fsp3) is 0.500. The largest absolute Gasteiger partial charge is 0.382 e. The number of rotatable bonds is 0. The Morgan fingerprint density at radius 3 is 3.44 bits per heavy atom. The molecule has 3 nitrogen and oxygen atoms in total. The molecule has 0 aromatic heterocycles. The van der Waals surface area contributed by atoms with Crippen molar-refractivity contribution in [2.75, 3.05) is 6.54 Å². The van der Waals surface area contributed by atoms with E-state index in [4.69, 9.17) is 0 Å². The average molecular weight is 122 g/mol. The molecular formula is C6H8N3. The lowest BCUT2D eigenvalue weighted by molar-refractivity contribution is 0.728. The molecule has 0 bridgehead atoms. The lowest BCUT2D eigenvalue weighted by Crippen LogP contribution is -2.25. The highest BCUT2D eigenvalue weighted by molar-refractivity contribution is 6.01. The van der Waals surface area contributed by atoms with Crippen LogP contribution in [0.3, 0.4) is 0 Å². The molecule has 0 unspecified atom stereocenters. The molecule has 0 saturated carbocycles. The van der Waals surface area contributed by atoms with Gasteiger partial charge in [0.25, 0.3) is 0 Å². The number of allylic oxidation sites excluding steroid dienone is 1. The second-order valence-electron chi connectivity index (χ2n) is 2.24. The van der Waals surface area contributed by atoms with Crippen LogP contribution in [-0.2, 0) is 0 Å². The van der Waals surface area contributed by atoms with Gasteiger partial charge in [-0.15, -0.1) is 0 Å². The van der Waals surface area contributed by atoms with Crippen LogP contribution in [0.4, 0.5) is 0 Å². The zero-order valence-corrected chi connectivity index (χ0v) is 5.09. The van der Waals surface area contributed by atoms with Crippen molar-refractivity contribution in [2.24, 2.45) is 5.10 Å². The molecule has 1 fully saturated rings. The first-order valence-corrected chi connectivity index (χ1v) is 3.18. The van der Waals surface area contributed by atoms with Crippen LogP contribution in [0.1, 0.15) is 12.8 Å². The van der Waals surface area contributed by atoms with Crippen molar-refractivity contribution in [3.63, 3.8) is 0 Å². The Morgan fingerprint density at radius 2 is 2.56 bits per heavy atom. The molecule has 9 heavy (non-hydrogen) atoms. The van der Waals surface area contributed by atoms with E-state index in [1.54, 1.807) is 6.20 Å². The molecule has 47 valence electrons. The van der Waals surface area contributed by atoms with Gasteiger partial charge in [0.1, 0.15) is 0 Å². The van der Waals surface area contributed by atoms with Gasteiger partial charge in [0, 0.05) is 6.54 Å². The number of fused-ring (bicyclic) bond motifs is 1. The summed E-state index contributed by atoms with van der Waals surface area (Å²) in [6.45, 7) is 1.07. The quantitative estimate of drug-likeness (QED) is 0.489. The Hall–Kier alpha value is -0.990. The van der Waals surface area contributed by atoms with E-state index in [-0.39, 0.29) is 0 Å². The minimum atomic E-state index is 1.07. The van der Waals surface area contributed by atoms with Gasteiger partial charge in [0.2, 0.25) is 0 Å². The van der Waals surface area contributed by atoms with Crippen molar-refractivity contribution in [2.45, 2.75) is 12.8 Å². The summed E-state index contributed by atoms with van der Waals surface area (Å²) < 4.78 is 0. The topological polar surface area (TPSA) is 38.5 Å². The summed E-state index contributed by atoms with van der Waals surface area (Å²) >= 11 is 0. The third-order valence-electron chi connectivity index (χ3n) is 1.58. The second kappa shape index (κ2) is 1.76. The van der Waals surface area contributed by atoms with E-state index in [1.807, 2.05) is 0 Å². The van der Waals surface area contributed by atoms with Crippen molar-refractivity contribution in [3.8, 4) is 0 Å². The molecule has 2 rings (SSSR count). The van der Waals surface area contributed by atoms with Crippen LogP contribution in [0.5, 0.6) is 0 Å². The molecule has 1 radical (unpaired) electrons. The standard InChI is InChI=1S/C6H8N3/c1-2-5-6(7-3-1)4-8-9-5/h4,7H,1-3H2. The Bertz CT molecular complexity index is 161. The van der Waals surface area contributed by atoms with Gasteiger partial charge >= 0.3 is 0 Å². The summed E-state index contributed by atoms with van der Waals surface area (Å²) in [5, 5.41) is 7.16. The first-order chi connectivity index (χ1) is 4.47. The van der Waals surface area contributed by atoms with E-state index in [0.717, 1.165) is 24.4 Å². The lowest BCUT2D eigenvalue weighted by Gasteiger charge is -2.13. The lowest BCUT2D eigenvalue weighted by atomic mass is 10.1. The molecule has 2 heterocycles. The summed E-state index contributed by atoms with van der Waals surface area (Å²) in [6, 6.07) is 0. The summed E-state index contributed by atoms with van der Waals surface area (Å²) in [5.41, 5.74) is 6.04. The maximum atomic E-state index is 3.94. The Balaban J connectivity index is 2.22. The fourth-order valence-corrected chi connectivity index (χ4v) is 1.10. The molecule has 2 aliphatic heterocycles. The number of hydrogen-bond acceptors (Lipinski definition) is 2. The minimum Gasteiger partial charge on any atom is -0.382 e. The molecule has 0 spiro atoms. The fourth-order valence-electron chi connectivity index (χ4n) is 1.10. The van der Waals surface area contributed by atoms with E-state index in [9.17, 15) is 0 Å². The maximum absolute atomic E-state index is 3.94. The predicted octanol–water partition coefficient (Wildman–Crippen LogP) is 0.185. The number of hydrogen-bond donors (Lipinski definition) is 1. The molecular weight excluding hydrogens is 114 g/mol. The van der Waals surface area contributed by atoms with Gasteiger partial charge in [-0.1, -0.05) is 0 Å². The number of nitrogens with zero attached hydrogens (tertiary/aromatic N) is 2. The average Bonchev–Trinajstić information content (AvgIpc) is 2.33. The van der Waals surface area contributed by atoms with Crippen LogP contribution >= 0.6 is 0 Å². The molecule has 3 heteroatoms. The van der Waals surface area contributed by atoms with E-state index in [2.05, 4.69) is 15.8 Å². The van der Waals surface area contributed by atoms with Crippen molar-refractivity contribution >= 4 is 5.71 Å². The molecule has 1 N–H and O–H groups in total. The molecule has 2 aliphatic rings. The maximum Gasteiger partial charge on any atom is 0.0878 e. The predicted molar refractivity (Wildman–Crippen MR) is 34.9 cm³/mol. The van der Waals surface area contributed by atoms with Crippen LogP contribution in [0.15, 0.2) is 17.0 Å². The second-order valence-corrected chi connectivity index (χ2v) is 2.24. The molecule has 1 saturated heterocycles. The van der Waals surface area contributed by atoms with Crippen molar-refractivity contribution in [3.05, 3.63) is 11.9 Å². The van der Waals surface area contributed by atoms with Gasteiger partial charge < -0.3 is 5.32 Å². The molecule has 0 aromatic rings. The SMILES string of the molecule is C1=C2NCCCC2=N[N]1. The van der Waals surface area contributed by atoms with E-state index in [0.29, 0.717) is 0 Å². The van der Waals surface area contributed by atoms with E-state index >= 15 is 0 Å². The summed E-state index contributed by atoms with van der Waals surface area (Å²) in [4.78, 5) is 0. The van der Waals surface area contributed by atoms with Gasteiger partial charge in [-0.2, -0.15) is 10.5 Å². The van der Waals surface area contributed by atoms with Crippen LogP contribution in [-0.4, -0.2) is 12.3 Å². The van der Waals surface area contributed by atoms with Crippen LogP contribution in [0.25, 0.3) is 0 Å². The smallest absolute Gasteiger partial charge is 0.0878 e. The first-order valence-electron chi connectivity index (χ1n) is 3.18. The summed E-state index contributed by atoms with van der Waals surface area (Å²) in [5.74, 6) is 0. The van der Waals surface area contributed by atoms with E-state index in [1.165, 1.54) is 6.42 Å². The van der Waals surface area contributed by atoms with Gasteiger partial charge in [-0.25, -0.2) is 0 Å². The third kappa shape index (κ3) is 0.686. The van der Waals surface area contributed by atoms with Crippen molar-refractivity contribution < 1.29 is 0 Å². The van der Waals surface area contributed by atoms with Crippen LogP contribution < -0.4 is 10.7 Å². The third-order valence-corrected chi connectivity index (χ3v) is 1.58. The van der Waals surface area contributed by atoms with Gasteiger partial charge in [0.15, 0.2) is 0 Å². The summed E-state index contributed by atoms with van der Waals surface area (Å²) in [7, 11) is 0. The van der Waals surface area contributed by atoms with Crippen molar-refractivity contribution in [1.82, 2.24) is 10.7 Å². The normalized spacial score (nSPS) is 23.1. The highest BCUT2D eigenvalue weighted by atomic mass is 15.3. The Kier molecular flexibility index (Phi) is 0.946. The number of nitrogens with one attached hydrogen (secondary N) is 1. The number of piperidine rings is 1. The first kappa shape index (κ1) is 4.85. The highest BCUT2D eigenvalue weighted by Crippen LogP contribution is 2.10. The molecule has 0 aromatic carbocycles. The Morgan fingerprint density at radius 1 is 1.56 bits per heavy atom. The summed E-state index contributed by atoms with van der Waals surface area (Å²) in [6.07, 6.45) is 4.06. The Labute approximate surface area is 53.8 Å². The van der Waals surface area contributed by atoms with E-state index < -0.39 is 0 Å². The molecule has 0 amide bonds. The zero-order valence-electron chi connectivity index (χ0n) is 5.09.